The minimum absolute atomic E-state index is 0.185. The maximum Gasteiger partial charge on any atom is 0.272 e. The summed E-state index contributed by atoms with van der Waals surface area (Å²) in [5.74, 6) is 0.583. The van der Waals surface area contributed by atoms with E-state index in [2.05, 4.69) is 47.3 Å². The Kier molecular flexibility index (Phi) is 5.53. The smallest absolute Gasteiger partial charge is 0.272 e. The average Bonchev–Trinajstić information content (AvgIpc) is 3.44. The average molecular weight is 472 g/mol. The third-order valence-electron chi connectivity index (χ3n) is 6.81. The van der Waals surface area contributed by atoms with Crippen LogP contribution in [-0.2, 0) is 0 Å². The normalized spacial score (nSPS) is 22.5. The lowest BCUT2D eigenvalue weighted by Crippen LogP contribution is -2.44. The topological polar surface area (TPSA) is 139 Å². The molecule has 0 amide bonds. The van der Waals surface area contributed by atoms with E-state index in [1.165, 1.54) is 12.5 Å². The van der Waals surface area contributed by atoms with Gasteiger partial charge in [-0.15, -0.1) is 0 Å². The number of fused-ring (bicyclic) bond motifs is 1. The highest BCUT2D eigenvalue weighted by atomic mass is 16.3. The van der Waals surface area contributed by atoms with Crippen LogP contribution in [0, 0.1) is 0 Å². The summed E-state index contributed by atoms with van der Waals surface area (Å²) in [6, 6.07) is 3.99. The predicted octanol–water partition coefficient (Wildman–Crippen LogP) is 2.45. The molecule has 11 heteroatoms. The molecule has 1 saturated carbocycles. The molecule has 0 radical (unpaired) electrons. The van der Waals surface area contributed by atoms with Crippen molar-refractivity contribution in [1.29, 1.82) is 0 Å². The van der Waals surface area contributed by atoms with Gasteiger partial charge in [0.1, 0.15) is 18.2 Å². The van der Waals surface area contributed by atoms with E-state index in [1.807, 2.05) is 12.1 Å². The highest BCUT2D eigenvalue weighted by molar-refractivity contribution is 5.70. The number of aliphatic hydroxyl groups excluding tert-OH is 1. The molecule has 0 spiro atoms. The number of aromatic amines is 1. The number of hydrogen-bond donors (Lipinski definition) is 2. The second-order valence-electron chi connectivity index (χ2n) is 8.99. The minimum Gasteiger partial charge on any atom is -0.393 e. The molecule has 6 rings (SSSR count). The fourth-order valence-electron chi connectivity index (χ4n) is 5.02. The molecule has 11 nitrogen and oxygen atoms in total. The van der Waals surface area contributed by atoms with Crippen LogP contribution in [0.15, 0.2) is 54.1 Å². The molecule has 0 aromatic carbocycles. The zero-order chi connectivity index (χ0) is 23.8. The standard InChI is InChI=1S/C24H25N9O2/c34-17-7-5-16(6-8-17)32-10-2-1-3-20(32)33-21(35)13-27-23-24(33)30-19(12-26-23)15-4-9-18(25-11-15)22-28-14-29-31-22/h2,4,9-14,16-17,20,34H,1,3,5-8H2,(H,28,29,31). The van der Waals surface area contributed by atoms with Gasteiger partial charge in [0.25, 0.3) is 5.56 Å². The highest BCUT2D eigenvalue weighted by Crippen LogP contribution is 2.33. The highest BCUT2D eigenvalue weighted by Gasteiger charge is 2.31. The molecule has 5 heterocycles. The van der Waals surface area contributed by atoms with Crippen LogP contribution in [0.2, 0.25) is 0 Å². The van der Waals surface area contributed by atoms with Crippen molar-refractivity contribution in [2.24, 2.45) is 0 Å². The summed E-state index contributed by atoms with van der Waals surface area (Å²) in [5, 5.41) is 16.6. The van der Waals surface area contributed by atoms with Crippen molar-refractivity contribution in [2.45, 2.75) is 56.8 Å². The molecule has 0 saturated heterocycles. The van der Waals surface area contributed by atoms with Gasteiger partial charge in [-0.25, -0.2) is 19.9 Å². The maximum atomic E-state index is 13.1. The third kappa shape index (κ3) is 4.08. The van der Waals surface area contributed by atoms with Crippen LogP contribution in [0.4, 0.5) is 0 Å². The first-order valence-electron chi connectivity index (χ1n) is 11.9. The molecule has 1 atom stereocenters. The SMILES string of the molecule is O=c1cnc2ncc(-c3ccc(-c4ncn[nH]4)nc3)nc2n1C1CCC=CN1C1CCC(O)CC1. The van der Waals surface area contributed by atoms with E-state index < -0.39 is 0 Å². The van der Waals surface area contributed by atoms with Crippen molar-refractivity contribution < 1.29 is 5.11 Å². The van der Waals surface area contributed by atoms with Crippen molar-refractivity contribution in [2.75, 3.05) is 0 Å². The summed E-state index contributed by atoms with van der Waals surface area (Å²) in [7, 11) is 0. The van der Waals surface area contributed by atoms with Gasteiger partial charge < -0.3 is 10.0 Å². The van der Waals surface area contributed by atoms with E-state index in [1.54, 1.807) is 17.0 Å². The van der Waals surface area contributed by atoms with Crippen molar-refractivity contribution in [1.82, 2.24) is 44.6 Å². The summed E-state index contributed by atoms with van der Waals surface area (Å²) in [6.07, 6.45) is 14.9. The number of nitrogens with zero attached hydrogens (tertiary/aromatic N) is 8. The van der Waals surface area contributed by atoms with Crippen LogP contribution in [0.5, 0.6) is 0 Å². The van der Waals surface area contributed by atoms with Crippen molar-refractivity contribution in [3.63, 3.8) is 0 Å². The lowest BCUT2D eigenvalue weighted by atomic mass is 9.91. The number of pyridine rings is 1. The maximum absolute atomic E-state index is 13.1. The largest absolute Gasteiger partial charge is 0.393 e. The van der Waals surface area contributed by atoms with Gasteiger partial charge in [0.15, 0.2) is 17.1 Å². The number of aliphatic hydroxyl groups is 1. The lowest BCUT2D eigenvalue weighted by molar-refractivity contribution is 0.0542. The monoisotopic (exact) mass is 471 g/mol. The van der Waals surface area contributed by atoms with Crippen molar-refractivity contribution in [3.05, 3.63) is 59.7 Å². The molecule has 2 aliphatic rings. The fraction of sp³-hybridized carbons (Fsp3) is 0.375. The van der Waals surface area contributed by atoms with Crippen LogP contribution >= 0.6 is 0 Å². The van der Waals surface area contributed by atoms with Gasteiger partial charge in [-0.2, -0.15) is 5.10 Å². The number of nitrogens with one attached hydrogen (secondary N) is 1. The molecule has 4 aromatic rings. The van der Waals surface area contributed by atoms with E-state index >= 15 is 0 Å². The molecule has 1 aliphatic carbocycles. The second kappa shape index (κ2) is 8.99. The van der Waals surface area contributed by atoms with Crippen molar-refractivity contribution in [3.8, 4) is 22.8 Å². The van der Waals surface area contributed by atoms with E-state index in [9.17, 15) is 9.90 Å². The van der Waals surface area contributed by atoms with Gasteiger partial charge in [0.2, 0.25) is 0 Å². The Hall–Kier alpha value is -3.99. The number of rotatable bonds is 4. The first-order valence-corrected chi connectivity index (χ1v) is 11.9. The number of hydrogen-bond acceptors (Lipinski definition) is 9. The predicted molar refractivity (Wildman–Crippen MR) is 128 cm³/mol. The lowest BCUT2D eigenvalue weighted by Gasteiger charge is -2.42. The van der Waals surface area contributed by atoms with Gasteiger partial charge in [0.05, 0.1) is 24.2 Å². The Labute approximate surface area is 200 Å². The quantitative estimate of drug-likeness (QED) is 0.459. The number of allylic oxidation sites excluding steroid dienone is 1. The third-order valence-corrected chi connectivity index (χ3v) is 6.81. The van der Waals surface area contributed by atoms with Gasteiger partial charge >= 0.3 is 0 Å². The molecule has 1 fully saturated rings. The van der Waals surface area contributed by atoms with E-state index in [0.717, 1.165) is 44.1 Å². The summed E-state index contributed by atoms with van der Waals surface area (Å²) in [6.45, 7) is 0. The van der Waals surface area contributed by atoms with Crippen LogP contribution in [-0.4, -0.2) is 61.8 Å². The first kappa shape index (κ1) is 21.5. The van der Waals surface area contributed by atoms with Crippen LogP contribution in [0.3, 0.4) is 0 Å². The van der Waals surface area contributed by atoms with Gasteiger partial charge in [-0.05, 0) is 56.9 Å². The zero-order valence-corrected chi connectivity index (χ0v) is 19.0. The van der Waals surface area contributed by atoms with Crippen LogP contribution in [0.1, 0.15) is 44.7 Å². The molecule has 1 aliphatic heterocycles. The van der Waals surface area contributed by atoms with Gasteiger partial charge in [-0.3, -0.25) is 19.4 Å². The molecule has 1 unspecified atom stereocenters. The van der Waals surface area contributed by atoms with E-state index in [0.29, 0.717) is 28.5 Å². The molecular formula is C24H25N9O2. The summed E-state index contributed by atoms with van der Waals surface area (Å²) in [5.41, 5.74) is 2.72. The second-order valence-corrected chi connectivity index (χ2v) is 8.99. The van der Waals surface area contributed by atoms with Crippen LogP contribution in [0.25, 0.3) is 34.1 Å². The van der Waals surface area contributed by atoms with E-state index in [-0.39, 0.29) is 23.9 Å². The molecule has 35 heavy (non-hydrogen) atoms. The van der Waals surface area contributed by atoms with Gasteiger partial charge in [-0.1, -0.05) is 6.08 Å². The molecule has 4 aromatic heterocycles. The van der Waals surface area contributed by atoms with Crippen LogP contribution < -0.4 is 5.56 Å². The molecule has 0 bridgehead atoms. The Morgan fingerprint density at radius 2 is 1.80 bits per heavy atom. The minimum atomic E-state index is -0.236. The molecule has 178 valence electrons. The number of aromatic nitrogens is 8. The summed E-state index contributed by atoms with van der Waals surface area (Å²) >= 11 is 0. The van der Waals surface area contributed by atoms with Crippen molar-refractivity contribution >= 4 is 11.3 Å². The Morgan fingerprint density at radius 3 is 2.57 bits per heavy atom. The molecule has 2 N–H and O–H groups in total. The van der Waals surface area contributed by atoms with E-state index in [4.69, 9.17) is 4.98 Å². The zero-order valence-electron chi connectivity index (χ0n) is 19.0. The number of H-pyrrole nitrogens is 1. The van der Waals surface area contributed by atoms with Gasteiger partial charge in [0, 0.05) is 17.8 Å². The summed E-state index contributed by atoms with van der Waals surface area (Å²) < 4.78 is 1.73. The summed E-state index contributed by atoms with van der Waals surface area (Å²) in [4.78, 5) is 37.6. The first-order chi connectivity index (χ1) is 17.2. The fourth-order valence-corrected chi connectivity index (χ4v) is 5.02. The molecular weight excluding hydrogens is 446 g/mol. The Bertz CT molecular complexity index is 1410. The Morgan fingerprint density at radius 1 is 0.943 bits per heavy atom. The Balaban J connectivity index is 1.39.